The van der Waals surface area contributed by atoms with E-state index in [2.05, 4.69) is 36.3 Å². The summed E-state index contributed by atoms with van der Waals surface area (Å²) in [6.07, 6.45) is 0. The minimum Gasteiger partial charge on any atom is -0.351 e. The number of aromatic amines is 1. The number of H-pyrrole nitrogens is 1. The molecule has 0 aliphatic heterocycles. The Balaban J connectivity index is 1.74. The van der Waals surface area contributed by atoms with Crippen LogP contribution in [0.15, 0.2) is 71.5 Å². The molecule has 0 radical (unpaired) electrons. The summed E-state index contributed by atoms with van der Waals surface area (Å²) >= 11 is 0. The number of carbonyl (C=O) groups excluding carboxylic acids is 1. The van der Waals surface area contributed by atoms with Crippen LogP contribution in [0.5, 0.6) is 0 Å². The minimum absolute atomic E-state index is 0.120. The van der Waals surface area contributed by atoms with E-state index < -0.39 is 0 Å². The van der Waals surface area contributed by atoms with Gasteiger partial charge in [-0.15, -0.1) is 0 Å². The fraction of sp³-hybridized carbons (Fsp3) is 0.217. The molecule has 2 N–H and O–H groups in total. The van der Waals surface area contributed by atoms with Crippen molar-refractivity contribution in [2.45, 2.75) is 26.2 Å². The first-order chi connectivity index (χ1) is 12.9. The van der Waals surface area contributed by atoms with Gasteiger partial charge in [0.2, 0.25) is 0 Å². The van der Waals surface area contributed by atoms with Gasteiger partial charge in [-0.25, -0.2) is 0 Å². The maximum Gasteiger partial charge on any atom is 0.261 e. The van der Waals surface area contributed by atoms with E-state index in [1.165, 1.54) is 5.56 Å². The second-order valence-corrected chi connectivity index (χ2v) is 7.42. The number of hydrogen-bond donors (Lipinski definition) is 2. The van der Waals surface area contributed by atoms with Crippen molar-refractivity contribution in [3.63, 3.8) is 0 Å². The van der Waals surface area contributed by atoms with Crippen LogP contribution in [0, 0.1) is 6.92 Å². The quantitative estimate of drug-likeness (QED) is 0.721. The van der Waals surface area contributed by atoms with Gasteiger partial charge in [0.15, 0.2) is 0 Å². The van der Waals surface area contributed by atoms with Gasteiger partial charge in [-0.05, 0) is 30.2 Å². The summed E-state index contributed by atoms with van der Waals surface area (Å²) in [4.78, 5) is 27.7. The lowest BCUT2D eigenvalue weighted by atomic mass is 9.84. The number of amides is 1. The van der Waals surface area contributed by atoms with Gasteiger partial charge in [-0.1, -0.05) is 74.0 Å². The Morgan fingerprint density at radius 1 is 1.00 bits per heavy atom. The molecule has 0 fully saturated rings. The zero-order chi connectivity index (χ0) is 19.4. The number of nitrogens with one attached hydrogen (secondary N) is 2. The Morgan fingerprint density at radius 3 is 2.41 bits per heavy atom. The molecular formula is C23H24N2O2. The van der Waals surface area contributed by atoms with E-state index in [9.17, 15) is 9.59 Å². The van der Waals surface area contributed by atoms with Crippen molar-refractivity contribution in [3.05, 3.63) is 93.8 Å². The number of aromatic nitrogens is 1. The molecule has 27 heavy (non-hydrogen) atoms. The molecule has 0 atom stereocenters. The lowest BCUT2D eigenvalue weighted by molar-refractivity contribution is 0.0944. The molecule has 1 aromatic heterocycles. The number of rotatable bonds is 5. The molecule has 2 aromatic carbocycles. The van der Waals surface area contributed by atoms with Crippen LogP contribution in [0.25, 0.3) is 11.3 Å². The third kappa shape index (κ3) is 4.34. The maximum absolute atomic E-state index is 12.5. The van der Waals surface area contributed by atoms with E-state index in [1.54, 1.807) is 12.1 Å². The van der Waals surface area contributed by atoms with Gasteiger partial charge < -0.3 is 10.3 Å². The molecule has 1 heterocycles. The van der Waals surface area contributed by atoms with Crippen LogP contribution >= 0.6 is 0 Å². The zero-order valence-corrected chi connectivity index (χ0v) is 15.9. The van der Waals surface area contributed by atoms with Gasteiger partial charge in [-0.3, -0.25) is 9.59 Å². The SMILES string of the molecule is Cc1cccc(C(C)(C)CNC(=O)c2ccc(-c3ccccc3)[nH]c2=O)c1. The Labute approximate surface area is 159 Å². The summed E-state index contributed by atoms with van der Waals surface area (Å²) in [6.45, 7) is 6.64. The van der Waals surface area contributed by atoms with Gasteiger partial charge in [-0.2, -0.15) is 0 Å². The van der Waals surface area contributed by atoms with Gasteiger partial charge >= 0.3 is 0 Å². The van der Waals surface area contributed by atoms with Gasteiger partial charge in [0.1, 0.15) is 5.56 Å². The highest BCUT2D eigenvalue weighted by Crippen LogP contribution is 2.23. The Hall–Kier alpha value is -3.14. The summed E-state index contributed by atoms with van der Waals surface area (Å²) in [5.74, 6) is -0.364. The summed E-state index contributed by atoms with van der Waals surface area (Å²) in [5, 5.41) is 2.90. The molecule has 4 nitrogen and oxygen atoms in total. The molecule has 138 valence electrons. The normalized spacial score (nSPS) is 11.2. The van der Waals surface area contributed by atoms with E-state index in [4.69, 9.17) is 0 Å². The topological polar surface area (TPSA) is 62.0 Å². The van der Waals surface area contributed by atoms with Crippen molar-refractivity contribution < 1.29 is 4.79 Å². The van der Waals surface area contributed by atoms with Crippen LogP contribution in [-0.2, 0) is 5.41 Å². The highest BCUT2D eigenvalue weighted by molar-refractivity contribution is 5.94. The van der Waals surface area contributed by atoms with Crippen LogP contribution in [0.4, 0.5) is 0 Å². The lowest BCUT2D eigenvalue weighted by Gasteiger charge is -2.26. The maximum atomic E-state index is 12.5. The predicted octanol–water partition coefficient (Wildman–Crippen LogP) is 4.06. The second kappa shape index (κ2) is 7.62. The Kier molecular flexibility index (Phi) is 5.26. The van der Waals surface area contributed by atoms with Crippen LogP contribution in [0.3, 0.4) is 0 Å². The van der Waals surface area contributed by atoms with E-state index in [-0.39, 0.29) is 22.4 Å². The van der Waals surface area contributed by atoms with E-state index >= 15 is 0 Å². The smallest absolute Gasteiger partial charge is 0.261 e. The monoisotopic (exact) mass is 360 g/mol. The van der Waals surface area contributed by atoms with Crippen LogP contribution in [0.1, 0.15) is 35.3 Å². The molecule has 1 amide bonds. The molecule has 0 unspecified atom stereocenters. The van der Waals surface area contributed by atoms with Crippen molar-refractivity contribution >= 4 is 5.91 Å². The zero-order valence-electron chi connectivity index (χ0n) is 15.9. The van der Waals surface area contributed by atoms with Crippen LogP contribution < -0.4 is 10.9 Å². The first-order valence-corrected chi connectivity index (χ1v) is 9.01. The molecule has 0 saturated carbocycles. The van der Waals surface area contributed by atoms with Crippen molar-refractivity contribution in [3.8, 4) is 11.3 Å². The number of aryl methyl sites for hydroxylation is 1. The molecule has 0 aliphatic rings. The van der Waals surface area contributed by atoms with E-state index in [0.29, 0.717) is 12.2 Å². The van der Waals surface area contributed by atoms with Gasteiger partial charge in [0, 0.05) is 17.7 Å². The average molecular weight is 360 g/mol. The van der Waals surface area contributed by atoms with E-state index in [0.717, 1.165) is 11.1 Å². The molecule has 0 aliphatic carbocycles. The summed E-state index contributed by atoms with van der Waals surface area (Å²) < 4.78 is 0. The van der Waals surface area contributed by atoms with E-state index in [1.807, 2.05) is 49.4 Å². The Morgan fingerprint density at radius 2 is 1.74 bits per heavy atom. The molecule has 0 bridgehead atoms. The lowest BCUT2D eigenvalue weighted by Crippen LogP contribution is -2.38. The fourth-order valence-corrected chi connectivity index (χ4v) is 3.00. The molecule has 0 spiro atoms. The number of benzene rings is 2. The first-order valence-electron chi connectivity index (χ1n) is 9.01. The average Bonchev–Trinajstić information content (AvgIpc) is 2.67. The minimum atomic E-state index is -0.387. The Bertz CT molecular complexity index is 1000. The highest BCUT2D eigenvalue weighted by atomic mass is 16.2. The van der Waals surface area contributed by atoms with Crippen molar-refractivity contribution in [2.75, 3.05) is 6.54 Å². The highest BCUT2D eigenvalue weighted by Gasteiger charge is 2.22. The molecule has 3 rings (SSSR count). The van der Waals surface area contributed by atoms with Crippen molar-refractivity contribution in [2.24, 2.45) is 0 Å². The molecule has 4 heteroatoms. The largest absolute Gasteiger partial charge is 0.351 e. The fourth-order valence-electron chi connectivity index (χ4n) is 3.00. The first kappa shape index (κ1) is 18.6. The van der Waals surface area contributed by atoms with Crippen molar-refractivity contribution in [1.82, 2.24) is 10.3 Å². The summed E-state index contributed by atoms with van der Waals surface area (Å²) in [5.41, 5.74) is 3.42. The molecule has 0 saturated heterocycles. The molecule has 3 aromatic rings. The summed E-state index contributed by atoms with van der Waals surface area (Å²) in [6, 6.07) is 21.1. The van der Waals surface area contributed by atoms with Crippen LogP contribution in [-0.4, -0.2) is 17.4 Å². The number of carbonyl (C=O) groups is 1. The number of pyridine rings is 1. The van der Waals surface area contributed by atoms with Crippen LogP contribution in [0.2, 0.25) is 0 Å². The van der Waals surface area contributed by atoms with Crippen molar-refractivity contribution in [1.29, 1.82) is 0 Å². The third-order valence-corrected chi connectivity index (χ3v) is 4.73. The predicted molar refractivity (Wildman–Crippen MR) is 109 cm³/mol. The number of hydrogen-bond acceptors (Lipinski definition) is 2. The van der Waals surface area contributed by atoms with Gasteiger partial charge in [0.05, 0.1) is 0 Å². The summed E-state index contributed by atoms with van der Waals surface area (Å²) in [7, 11) is 0. The second-order valence-electron chi connectivity index (χ2n) is 7.42. The van der Waals surface area contributed by atoms with Gasteiger partial charge in [0.25, 0.3) is 11.5 Å². The molecular weight excluding hydrogens is 336 g/mol. The standard InChI is InChI=1S/C23H24N2O2/c1-16-8-7-11-18(14-16)23(2,3)15-24-21(26)19-12-13-20(25-22(19)27)17-9-5-4-6-10-17/h4-14H,15H2,1-3H3,(H,24,26)(H,25,27). The third-order valence-electron chi connectivity index (χ3n) is 4.73.